The molecule has 1 heterocycles. The zero-order valence-corrected chi connectivity index (χ0v) is 22.7. The molecule has 0 saturated carbocycles. The molecule has 0 aromatic heterocycles. The minimum atomic E-state index is -0.405. The predicted molar refractivity (Wildman–Crippen MR) is 143 cm³/mol. The number of hydrogen-bond acceptors (Lipinski definition) is 6. The highest BCUT2D eigenvalue weighted by atomic mass is 16.7. The number of benzene rings is 2. The van der Waals surface area contributed by atoms with Crippen molar-refractivity contribution in [3.05, 3.63) is 53.6 Å². The quantitative estimate of drug-likeness (QED) is 0.304. The topological polar surface area (TPSA) is 55.4 Å². The number of hydrogen-bond donors (Lipinski definition) is 0. The van der Waals surface area contributed by atoms with E-state index < -0.39 is 7.12 Å². The first kappa shape index (κ1) is 27.3. The molecule has 0 unspecified atom stereocenters. The third-order valence-electron chi connectivity index (χ3n) is 8.03. The van der Waals surface area contributed by atoms with Gasteiger partial charge < -0.3 is 28.3 Å². The first-order valence-corrected chi connectivity index (χ1v) is 13.0. The van der Waals surface area contributed by atoms with Gasteiger partial charge in [0.15, 0.2) is 0 Å². The molecule has 0 spiro atoms. The summed E-state index contributed by atoms with van der Waals surface area (Å²) in [6, 6.07) is 15.4. The van der Waals surface area contributed by atoms with Gasteiger partial charge in [-0.05, 0) is 68.3 Å². The minimum absolute atomic E-state index is 0.230. The summed E-state index contributed by atoms with van der Waals surface area (Å²) in [4.78, 5) is 0. The van der Waals surface area contributed by atoms with Gasteiger partial charge in [-0.25, -0.2) is 0 Å². The Kier molecular flexibility index (Phi) is 8.60. The van der Waals surface area contributed by atoms with E-state index in [4.69, 9.17) is 28.3 Å². The molecule has 1 aliphatic heterocycles. The van der Waals surface area contributed by atoms with Crippen molar-refractivity contribution in [1.82, 2.24) is 0 Å². The lowest BCUT2D eigenvalue weighted by molar-refractivity contribution is 0.00578. The van der Waals surface area contributed by atoms with E-state index in [2.05, 4.69) is 70.2 Å². The Balaban J connectivity index is 1.69. The Morgan fingerprint density at radius 3 is 1.81 bits per heavy atom. The molecule has 0 radical (unpaired) electrons. The maximum Gasteiger partial charge on any atom is 0.494 e. The monoisotopic (exact) mass is 496 g/mol. The summed E-state index contributed by atoms with van der Waals surface area (Å²) in [6.07, 6.45) is 1.70. The van der Waals surface area contributed by atoms with Gasteiger partial charge in [-0.15, -0.1) is 0 Å². The summed E-state index contributed by atoms with van der Waals surface area (Å²) >= 11 is 0. The van der Waals surface area contributed by atoms with Gasteiger partial charge in [-0.1, -0.05) is 42.5 Å². The highest BCUT2D eigenvalue weighted by Crippen LogP contribution is 2.52. The first-order valence-electron chi connectivity index (χ1n) is 13.0. The normalized spacial score (nSPS) is 18.9. The van der Waals surface area contributed by atoms with Gasteiger partial charge >= 0.3 is 7.12 Å². The Morgan fingerprint density at radius 2 is 1.22 bits per heavy atom. The van der Waals surface area contributed by atoms with Gasteiger partial charge in [0.05, 0.1) is 37.6 Å². The zero-order valence-electron chi connectivity index (χ0n) is 22.7. The molecule has 7 heteroatoms. The van der Waals surface area contributed by atoms with Crippen LogP contribution in [0.1, 0.15) is 51.7 Å². The second kappa shape index (κ2) is 11.3. The van der Waals surface area contributed by atoms with Crippen LogP contribution in [0.15, 0.2) is 42.5 Å². The molecule has 2 aromatic carbocycles. The van der Waals surface area contributed by atoms with Crippen LogP contribution in [-0.2, 0) is 33.7 Å². The molecule has 1 aliphatic carbocycles. The molecular formula is C29H41BO6. The SMILES string of the molecule is COCCOCCC1(CCOCCOC)c2ccccc2-c2ccc(B3OC(C)(C)C(C)(C)O3)cc21. The predicted octanol–water partition coefficient (Wildman–Crippen LogP) is 4.36. The van der Waals surface area contributed by atoms with Gasteiger partial charge in [-0.2, -0.15) is 0 Å². The number of ether oxygens (including phenoxy) is 4. The van der Waals surface area contributed by atoms with Gasteiger partial charge in [0.25, 0.3) is 0 Å². The van der Waals surface area contributed by atoms with Gasteiger partial charge in [0.2, 0.25) is 0 Å². The van der Waals surface area contributed by atoms with Crippen molar-refractivity contribution in [3.63, 3.8) is 0 Å². The third kappa shape index (κ3) is 5.28. The average Bonchev–Trinajstić information content (AvgIpc) is 3.25. The number of rotatable bonds is 13. The Bertz CT molecular complexity index is 991. The van der Waals surface area contributed by atoms with E-state index in [1.165, 1.54) is 22.3 Å². The highest BCUT2D eigenvalue weighted by molar-refractivity contribution is 6.62. The fourth-order valence-electron chi connectivity index (χ4n) is 5.24. The van der Waals surface area contributed by atoms with Crippen LogP contribution in [0.4, 0.5) is 0 Å². The van der Waals surface area contributed by atoms with Crippen LogP contribution in [-0.4, -0.2) is 72.2 Å². The largest absolute Gasteiger partial charge is 0.494 e. The second-order valence-electron chi connectivity index (χ2n) is 10.7. The molecule has 4 rings (SSSR count). The summed E-state index contributed by atoms with van der Waals surface area (Å²) in [5, 5.41) is 0. The van der Waals surface area contributed by atoms with Crippen LogP contribution in [0.2, 0.25) is 0 Å². The van der Waals surface area contributed by atoms with E-state index in [9.17, 15) is 0 Å². The zero-order chi connectivity index (χ0) is 25.8. The van der Waals surface area contributed by atoms with Crippen molar-refractivity contribution in [2.24, 2.45) is 0 Å². The maximum atomic E-state index is 6.41. The maximum absolute atomic E-state index is 6.41. The molecule has 0 atom stereocenters. The van der Waals surface area contributed by atoms with Crippen LogP contribution in [0.25, 0.3) is 11.1 Å². The molecule has 0 bridgehead atoms. The van der Waals surface area contributed by atoms with Gasteiger partial charge in [0, 0.05) is 32.8 Å². The molecule has 6 nitrogen and oxygen atoms in total. The lowest BCUT2D eigenvalue weighted by atomic mass is 9.70. The standard InChI is InChI=1S/C29H41BO6/c1-27(2)28(3,4)36-30(35-27)22-11-12-24-23-9-7-8-10-25(23)29(26(24)21-22,13-15-33-19-17-31-5)14-16-34-20-18-32-6/h7-12,21H,13-20H2,1-6H3. The van der Waals surface area contributed by atoms with Gasteiger partial charge in [-0.3, -0.25) is 0 Å². The molecule has 1 fully saturated rings. The van der Waals surface area contributed by atoms with Crippen molar-refractivity contribution in [3.8, 4) is 11.1 Å². The van der Waals surface area contributed by atoms with E-state index in [1.807, 2.05) is 0 Å². The summed E-state index contributed by atoms with van der Waals surface area (Å²) in [6.45, 7) is 12.0. The van der Waals surface area contributed by atoms with Crippen LogP contribution in [0, 0.1) is 0 Å². The third-order valence-corrected chi connectivity index (χ3v) is 8.03. The van der Waals surface area contributed by atoms with E-state index in [-0.39, 0.29) is 16.6 Å². The summed E-state index contributed by atoms with van der Waals surface area (Å²) in [5.41, 5.74) is 5.21. The van der Waals surface area contributed by atoms with E-state index in [0.717, 1.165) is 18.3 Å². The van der Waals surface area contributed by atoms with E-state index >= 15 is 0 Å². The summed E-state index contributed by atoms with van der Waals surface area (Å²) in [7, 11) is 2.99. The molecule has 2 aliphatic rings. The number of fused-ring (bicyclic) bond motifs is 3. The molecular weight excluding hydrogens is 455 g/mol. The van der Waals surface area contributed by atoms with E-state index in [0.29, 0.717) is 39.6 Å². The van der Waals surface area contributed by atoms with Crippen LogP contribution in [0.3, 0.4) is 0 Å². The molecule has 36 heavy (non-hydrogen) atoms. The van der Waals surface area contributed by atoms with Crippen LogP contribution in [0.5, 0.6) is 0 Å². The van der Waals surface area contributed by atoms with E-state index in [1.54, 1.807) is 14.2 Å². The Hall–Kier alpha value is -1.74. The van der Waals surface area contributed by atoms with Crippen molar-refractivity contribution < 1.29 is 28.3 Å². The van der Waals surface area contributed by atoms with Gasteiger partial charge in [0.1, 0.15) is 0 Å². The first-order chi connectivity index (χ1) is 17.3. The lowest BCUT2D eigenvalue weighted by Gasteiger charge is -2.33. The molecule has 196 valence electrons. The van der Waals surface area contributed by atoms with Crippen molar-refractivity contribution >= 4 is 12.6 Å². The average molecular weight is 496 g/mol. The molecule has 2 aromatic rings. The summed E-state index contributed by atoms with van der Waals surface area (Å²) < 4.78 is 35.1. The van der Waals surface area contributed by atoms with Crippen molar-refractivity contribution in [2.75, 3.05) is 53.9 Å². The van der Waals surface area contributed by atoms with Crippen LogP contribution >= 0.6 is 0 Å². The highest BCUT2D eigenvalue weighted by Gasteiger charge is 2.52. The van der Waals surface area contributed by atoms with Crippen LogP contribution < -0.4 is 5.46 Å². The molecule has 0 amide bonds. The lowest BCUT2D eigenvalue weighted by Crippen LogP contribution is -2.41. The molecule has 1 saturated heterocycles. The summed E-state index contributed by atoms with van der Waals surface area (Å²) in [5.74, 6) is 0. The fourth-order valence-corrected chi connectivity index (χ4v) is 5.24. The minimum Gasteiger partial charge on any atom is -0.399 e. The fraction of sp³-hybridized carbons (Fsp3) is 0.586. The number of methoxy groups -OCH3 is 2. The van der Waals surface area contributed by atoms with Crippen molar-refractivity contribution in [2.45, 2.75) is 57.2 Å². The Morgan fingerprint density at radius 1 is 0.667 bits per heavy atom. The second-order valence-corrected chi connectivity index (χ2v) is 10.7. The van der Waals surface area contributed by atoms with Crippen molar-refractivity contribution in [1.29, 1.82) is 0 Å². The molecule has 0 N–H and O–H groups in total. The smallest absolute Gasteiger partial charge is 0.399 e. The Labute approximate surface area is 216 Å².